The molecular formula is C8H10N2O2. The number of nitrogens with zero attached hydrogens (tertiary/aromatic N) is 1. The second kappa shape index (κ2) is 3.26. The first kappa shape index (κ1) is 8.60. The molecule has 0 saturated heterocycles. The van der Waals surface area contributed by atoms with Crippen LogP contribution in [0.25, 0.3) is 0 Å². The van der Waals surface area contributed by atoms with E-state index >= 15 is 0 Å². The molecule has 1 aliphatic rings. The summed E-state index contributed by atoms with van der Waals surface area (Å²) < 4.78 is 0. The summed E-state index contributed by atoms with van der Waals surface area (Å²) in [6, 6.07) is -0.688. The Morgan fingerprint density at radius 3 is 3.08 bits per heavy atom. The summed E-state index contributed by atoms with van der Waals surface area (Å²) in [6.45, 7) is 2.12. The normalized spacial score (nSPS) is 28.2. The first-order valence-corrected chi connectivity index (χ1v) is 3.61. The van der Waals surface area contributed by atoms with Crippen LogP contribution in [0.4, 0.5) is 0 Å². The van der Waals surface area contributed by atoms with Crippen molar-refractivity contribution in [2.75, 3.05) is 6.54 Å². The number of rotatable bonds is 1. The lowest BCUT2D eigenvalue weighted by Gasteiger charge is -2.24. The van der Waals surface area contributed by atoms with E-state index in [4.69, 9.17) is 11.5 Å². The van der Waals surface area contributed by atoms with Gasteiger partial charge in [0.1, 0.15) is 6.04 Å². The van der Waals surface area contributed by atoms with E-state index in [2.05, 4.69) is 16.2 Å². The molecule has 0 radical (unpaired) electrons. The number of hydrogen-bond acceptors (Lipinski definition) is 3. The van der Waals surface area contributed by atoms with Crippen molar-refractivity contribution in [3.63, 3.8) is 0 Å². The minimum Gasteiger partial charge on any atom is -0.480 e. The minimum atomic E-state index is -0.924. The first-order valence-electron chi connectivity index (χ1n) is 3.61. The van der Waals surface area contributed by atoms with E-state index < -0.39 is 12.0 Å². The van der Waals surface area contributed by atoms with Crippen molar-refractivity contribution in [3.8, 4) is 12.3 Å². The van der Waals surface area contributed by atoms with Gasteiger partial charge in [0.2, 0.25) is 0 Å². The van der Waals surface area contributed by atoms with Crippen LogP contribution in [0, 0.1) is 18.3 Å². The second-order valence-electron chi connectivity index (χ2n) is 2.66. The summed E-state index contributed by atoms with van der Waals surface area (Å²) in [5.41, 5.74) is 0. The number of carboxylic acid groups (broad SMARTS) is 1. The monoisotopic (exact) mass is 166 g/mol. The third kappa shape index (κ3) is 1.56. The van der Waals surface area contributed by atoms with E-state index in [0.29, 0.717) is 12.4 Å². The Kier molecular flexibility index (Phi) is 2.34. The van der Waals surface area contributed by atoms with Gasteiger partial charge in [0.25, 0.3) is 0 Å². The van der Waals surface area contributed by atoms with Crippen molar-refractivity contribution < 1.29 is 9.90 Å². The van der Waals surface area contributed by atoms with Gasteiger partial charge in [-0.1, -0.05) is 5.92 Å². The number of aliphatic carboxylic acids is 1. The topological polar surface area (TPSA) is 61.7 Å². The largest absolute Gasteiger partial charge is 0.480 e. The summed E-state index contributed by atoms with van der Waals surface area (Å²) in [7, 11) is 0. The van der Waals surface area contributed by atoms with E-state index in [9.17, 15) is 4.79 Å². The van der Waals surface area contributed by atoms with Gasteiger partial charge < -0.3 is 10.4 Å². The zero-order valence-corrected chi connectivity index (χ0v) is 6.74. The summed E-state index contributed by atoms with van der Waals surface area (Å²) in [6.07, 6.45) is 5.15. The van der Waals surface area contributed by atoms with Crippen molar-refractivity contribution in [2.24, 2.45) is 10.9 Å². The Bertz CT molecular complexity index is 265. The highest BCUT2D eigenvalue weighted by Gasteiger charge is 2.29. The number of hydrogen-bond donors (Lipinski definition) is 2. The zero-order valence-electron chi connectivity index (χ0n) is 6.74. The van der Waals surface area contributed by atoms with E-state index in [1.165, 1.54) is 0 Å². The van der Waals surface area contributed by atoms with Crippen LogP contribution in [0.15, 0.2) is 4.99 Å². The quantitative estimate of drug-likeness (QED) is 0.526. The van der Waals surface area contributed by atoms with Crippen LogP contribution in [0.5, 0.6) is 0 Å². The first-order chi connectivity index (χ1) is 5.65. The van der Waals surface area contributed by atoms with E-state index in [1.807, 2.05) is 0 Å². The standard InChI is InChI=1S/C8H10N2O2/c1-3-6-4-9-5(2)10-7(6)8(11)12/h1,6-7H,4H2,2H3,(H,9,10)(H,11,12). The molecule has 0 bridgehead atoms. The second-order valence-corrected chi connectivity index (χ2v) is 2.66. The van der Waals surface area contributed by atoms with Crippen LogP contribution < -0.4 is 5.32 Å². The molecule has 2 atom stereocenters. The predicted octanol–water partition coefficient (Wildman–Crippen LogP) is -0.289. The number of carboxylic acids is 1. The summed E-state index contributed by atoms with van der Waals surface area (Å²) >= 11 is 0. The van der Waals surface area contributed by atoms with Gasteiger partial charge in [0, 0.05) is 0 Å². The van der Waals surface area contributed by atoms with Gasteiger partial charge in [-0.25, -0.2) is 4.79 Å². The Balaban J connectivity index is 2.79. The molecular weight excluding hydrogens is 156 g/mol. The Hall–Kier alpha value is -1.50. The van der Waals surface area contributed by atoms with Crippen molar-refractivity contribution in [1.29, 1.82) is 0 Å². The van der Waals surface area contributed by atoms with Gasteiger partial charge >= 0.3 is 5.97 Å². The maximum Gasteiger partial charge on any atom is 0.327 e. The molecule has 0 fully saturated rings. The fourth-order valence-corrected chi connectivity index (χ4v) is 1.09. The van der Waals surface area contributed by atoms with Crippen LogP contribution in [-0.4, -0.2) is 29.5 Å². The Morgan fingerprint density at radius 2 is 2.58 bits per heavy atom. The maximum absolute atomic E-state index is 10.7. The minimum absolute atomic E-state index is 0.341. The summed E-state index contributed by atoms with van der Waals surface area (Å²) in [4.78, 5) is 14.7. The molecule has 0 aromatic heterocycles. The molecule has 0 spiro atoms. The molecule has 4 heteroatoms. The highest BCUT2D eigenvalue weighted by atomic mass is 16.4. The number of aliphatic imine (C=N–C) groups is 1. The van der Waals surface area contributed by atoms with E-state index in [0.717, 1.165) is 0 Å². The van der Waals surface area contributed by atoms with Gasteiger partial charge in [-0.3, -0.25) is 4.99 Å². The number of terminal acetylenes is 1. The van der Waals surface area contributed by atoms with E-state index in [1.54, 1.807) is 6.92 Å². The number of amidine groups is 1. The molecule has 1 rings (SSSR count). The number of nitrogens with one attached hydrogen (secondary N) is 1. The Labute approximate surface area is 70.7 Å². The third-order valence-electron chi connectivity index (χ3n) is 1.77. The maximum atomic E-state index is 10.7. The van der Waals surface area contributed by atoms with Crippen molar-refractivity contribution in [1.82, 2.24) is 5.32 Å². The molecule has 1 heterocycles. The van der Waals surface area contributed by atoms with Crippen molar-refractivity contribution in [3.05, 3.63) is 0 Å². The SMILES string of the molecule is C#CC1CN=C(C)NC1C(=O)O. The molecule has 1 aliphatic heterocycles. The lowest BCUT2D eigenvalue weighted by Crippen LogP contribution is -2.48. The average molecular weight is 166 g/mol. The molecule has 4 nitrogen and oxygen atoms in total. The van der Waals surface area contributed by atoms with Gasteiger partial charge in [0.15, 0.2) is 0 Å². The summed E-state index contributed by atoms with van der Waals surface area (Å²) in [5.74, 6) is 1.77. The molecule has 0 aromatic rings. The van der Waals surface area contributed by atoms with E-state index in [-0.39, 0.29) is 5.92 Å². The molecule has 0 aromatic carbocycles. The van der Waals surface area contributed by atoms with Crippen LogP contribution in [0.2, 0.25) is 0 Å². The average Bonchev–Trinajstić information content (AvgIpc) is 2.04. The van der Waals surface area contributed by atoms with Crippen LogP contribution >= 0.6 is 0 Å². The van der Waals surface area contributed by atoms with Crippen LogP contribution in [-0.2, 0) is 4.79 Å². The molecule has 0 amide bonds. The lowest BCUT2D eigenvalue weighted by molar-refractivity contribution is -0.140. The number of carbonyl (C=O) groups is 1. The predicted molar refractivity (Wildman–Crippen MR) is 44.9 cm³/mol. The third-order valence-corrected chi connectivity index (χ3v) is 1.77. The molecule has 64 valence electrons. The fourth-order valence-electron chi connectivity index (χ4n) is 1.09. The lowest BCUT2D eigenvalue weighted by atomic mass is 9.99. The summed E-state index contributed by atoms with van der Waals surface area (Å²) in [5, 5.41) is 11.5. The highest BCUT2D eigenvalue weighted by Crippen LogP contribution is 2.08. The molecule has 0 saturated carbocycles. The van der Waals surface area contributed by atoms with Crippen molar-refractivity contribution in [2.45, 2.75) is 13.0 Å². The molecule has 2 N–H and O–H groups in total. The Morgan fingerprint density at radius 1 is 1.92 bits per heavy atom. The van der Waals surface area contributed by atoms with Gasteiger partial charge in [-0.05, 0) is 6.92 Å². The molecule has 12 heavy (non-hydrogen) atoms. The van der Waals surface area contributed by atoms with Crippen LogP contribution in [0.1, 0.15) is 6.92 Å². The smallest absolute Gasteiger partial charge is 0.327 e. The van der Waals surface area contributed by atoms with Crippen LogP contribution in [0.3, 0.4) is 0 Å². The highest BCUT2D eigenvalue weighted by molar-refractivity contribution is 5.87. The molecule has 0 aliphatic carbocycles. The fraction of sp³-hybridized carbons (Fsp3) is 0.500. The zero-order chi connectivity index (χ0) is 9.14. The van der Waals surface area contributed by atoms with Gasteiger partial charge in [-0.15, -0.1) is 6.42 Å². The molecule has 2 unspecified atom stereocenters. The van der Waals surface area contributed by atoms with Gasteiger partial charge in [0.05, 0.1) is 18.3 Å². The van der Waals surface area contributed by atoms with Crippen molar-refractivity contribution >= 4 is 11.8 Å². The van der Waals surface area contributed by atoms with Gasteiger partial charge in [-0.2, -0.15) is 0 Å².